The number of hydrogen-bond acceptors (Lipinski definition) is 2. The Morgan fingerprint density at radius 1 is 1.50 bits per heavy atom. The molecular weight excluding hydrogens is 202 g/mol. The van der Waals surface area contributed by atoms with Crippen LogP contribution in [0.1, 0.15) is 38.2 Å². The Hall–Kier alpha value is -1.32. The van der Waals surface area contributed by atoms with Crippen LogP contribution in [-0.2, 0) is 17.8 Å². The van der Waals surface area contributed by atoms with E-state index in [1.807, 2.05) is 13.1 Å². The second-order valence-corrected chi connectivity index (χ2v) is 3.92. The van der Waals surface area contributed by atoms with Gasteiger partial charge in [0.15, 0.2) is 0 Å². The summed E-state index contributed by atoms with van der Waals surface area (Å²) in [7, 11) is 0. The van der Waals surface area contributed by atoms with Crippen molar-refractivity contribution >= 4 is 5.91 Å². The van der Waals surface area contributed by atoms with Crippen LogP contribution in [0.3, 0.4) is 0 Å². The van der Waals surface area contributed by atoms with E-state index in [2.05, 4.69) is 28.7 Å². The van der Waals surface area contributed by atoms with Crippen LogP contribution in [0.15, 0.2) is 6.20 Å². The molecule has 1 aromatic heterocycles. The summed E-state index contributed by atoms with van der Waals surface area (Å²) in [6, 6.07) is 0. The molecule has 1 amide bonds. The van der Waals surface area contributed by atoms with Crippen molar-refractivity contribution in [3.63, 3.8) is 0 Å². The zero-order valence-corrected chi connectivity index (χ0v) is 10.4. The van der Waals surface area contributed by atoms with Crippen LogP contribution >= 0.6 is 0 Å². The van der Waals surface area contributed by atoms with Gasteiger partial charge in [-0.2, -0.15) is 0 Å². The lowest BCUT2D eigenvalue weighted by molar-refractivity contribution is -0.120. The molecule has 0 saturated carbocycles. The molecule has 1 aromatic rings. The quantitative estimate of drug-likeness (QED) is 0.797. The maximum atomic E-state index is 11.1. The van der Waals surface area contributed by atoms with E-state index in [0.717, 1.165) is 25.2 Å². The van der Waals surface area contributed by atoms with Crippen molar-refractivity contribution in [3.8, 4) is 0 Å². The molecule has 4 heteroatoms. The number of carbonyl (C=O) groups is 1. The van der Waals surface area contributed by atoms with Gasteiger partial charge in [-0.15, -0.1) is 0 Å². The number of hydrogen-bond donors (Lipinski definition) is 1. The van der Waals surface area contributed by atoms with Crippen molar-refractivity contribution in [1.29, 1.82) is 0 Å². The summed E-state index contributed by atoms with van der Waals surface area (Å²) in [5.74, 6) is 1.17. The first-order valence-corrected chi connectivity index (χ1v) is 5.96. The summed E-state index contributed by atoms with van der Waals surface area (Å²) in [5.41, 5.74) is 1.19. The molecule has 0 saturated heterocycles. The van der Waals surface area contributed by atoms with Crippen molar-refractivity contribution in [2.45, 2.75) is 46.6 Å². The number of carbonyl (C=O) groups excluding carboxylic acids is 1. The lowest BCUT2D eigenvalue weighted by Gasteiger charge is -2.09. The highest BCUT2D eigenvalue weighted by Crippen LogP contribution is 2.05. The minimum atomic E-state index is 0.102. The standard InChI is InChI=1S/C12H21N3O/c1-4-8-15-10(3)9-14-11(15)6-7-13-12(16)5-2/h9H,4-8H2,1-3H3,(H,13,16). The Bertz CT molecular complexity index is 344. The third kappa shape index (κ3) is 3.36. The molecule has 1 rings (SSSR count). The Kier molecular flexibility index (Phi) is 5.02. The zero-order chi connectivity index (χ0) is 12.0. The van der Waals surface area contributed by atoms with Gasteiger partial charge in [-0.05, 0) is 13.3 Å². The fourth-order valence-electron chi connectivity index (χ4n) is 1.68. The van der Waals surface area contributed by atoms with Crippen LogP contribution in [0.25, 0.3) is 0 Å². The van der Waals surface area contributed by atoms with E-state index in [1.165, 1.54) is 5.69 Å². The van der Waals surface area contributed by atoms with E-state index in [-0.39, 0.29) is 5.91 Å². The van der Waals surface area contributed by atoms with Crippen molar-refractivity contribution < 1.29 is 4.79 Å². The molecule has 1 heterocycles. The Morgan fingerprint density at radius 2 is 2.25 bits per heavy atom. The summed E-state index contributed by atoms with van der Waals surface area (Å²) in [6.45, 7) is 7.76. The van der Waals surface area contributed by atoms with Crippen LogP contribution in [0.4, 0.5) is 0 Å². The smallest absolute Gasteiger partial charge is 0.219 e. The molecule has 0 spiro atoms. The Labute approximate surface area is 97.1 Å². The van der Waals surface area contributed by atoms with Gasteiger partial charge in [0.2, 0.25) is 5.91 Å². The van der Waals surface area contributed by atoms with Crippen molar-refractivity contribution in [2.24, 2.45) is 0 Å². The number of nitrogens with zero attached hydrogens (tertiary/aromatic N) is 2. The van der Waals surface area contributed by atoms with Crippen LogP contribution in [0.5, 0.6) is 0 Å². The second kappa shape index (κ2) is 6.30. The van der Waals surface area contributed by atoms with Gasteiger partial charge < -0.3 is 9.88 Å². The fraction of sp³-hybridized carbons (Fsp3) is 0.667. The largest absolute Gasteiger partial charge is 0.356 e. The minimum absolute atomic E-state index is 0.102. The molecule has 1 N–H and O–H groups in total. The number of nitrogens with one attached hydrogen (secondary N) is 1. The Balaban J connectivity index is 2.50. The number of aromatic nitrogens is 2. The summed E-state index contributed by atoms with van der Waals surface area (Å²) in [6.07, 6.45) is 4.35. The van der Waals surface area contributed by atoms with Crippen LogP contribution < -0.4 is 5.32 Å². The highest BCUT2D eigenvalue weighted by atomic mass is 16.1. The molecule has 4 nitrogen and oxygen atoms in total. The van der Waals surface area contributed by atoms with Gasteiger partial charge >= 0.3 is 0 Å². The number of aryl methyl sites for hydroxylation is 1. The molecule has 0 aliphatic carbocycles. The molecule has 0 atom stereocenters. The maximum absolute atomic E-state index is 11.1. The molecule has 0 radical (unpaired) electrons. The van der Waals surface area contributed by atoms with Gasteiger partial charge in [0.1, 0.15) is 5.82 Å². The molecule has 0 aliphatic rings. The van der Waals surface area contributed by atoms with E-state index in [4.69, 9.17) is 0 Å². The zero-order valence-electron chi connectivity index (χ0n) is 10.4. The molecule has 0 fully saturated rings. The van der Waals surface area contributed by atoms with Gasteiger partial charge in [0.05, 0.1) is 0 Å². The fourth-order valence-corrected chi connectivity index (χ4v) is 1.68. The third-order valence-corrected chi connectivity index (χ3v) is 2.58. The van der Waals surface area contributed by atoms with Crippen molar-refractivity contribution in [3.05, 3.63) is 17.7 Å². The molecule has 0 aromatic carbocycles. The molecule has 16 heavy (non-hydrogen) atoms. The summed E-state index contributed by atoms with van der Waals surface area (Å²) in [5, 5.41) is 2.87. The average Bonchev–Trinajstić information content (AvgIpc) is 2.62. The highest BCUT2D eigenvalue weighted by molar-refractivity contribution is 5.75. The Morgan fingerprint density at radius 3 is 2.88 bits per heavy atom. The van der Waals surface area contributed by atoms with E-state index in [9.17, 15) is 4.79 Å². The van der Waals surface area contributed by atoms with Crippen molar-refractivity contribution in [2.75, 3.05) is 6.54 Å². The predicted molar refractivity (Wildman–Crippen MR) is 64.3 cm³/mol. The lowest BCUT2D eigenvalue weighted by Crippen LogP contribution is -2.25. The van der Waals surface area contributed by atoms with Crippen LogP contribution in [0, 0.1) is 6.92 Å². The number of rotatable bonds is 6. The van der Waals surface area contributed by atoms with Gasteiger partial charge in [-0.3, -0.25) is 4.79 Å². The topological polar surface area (TPSA) is 46.9 Å². The number of amides is 1. The average molecular weight is 223 g/mol. The number of imidazole rings is 1. The molecule has 90 valence electrons. The van der Waals surface area contributed by atoms with E-state index in [1.54, 1.807) is 0 Å². The first kappa shape index (κ1) is 12.7. The minimum Gasteiger partial charge on any atom is -0.356 e. The lowest BCUT2D eigenvalue weighted by atomic mass is 10.3. The highest BCUT2D eigenvalue weighted by Gasteiger charge is 2.06. The van der Waals surface area contributed by atoms with E-state index in [0.29, 0.717) is 13.0 Å². The van der Waals surface area contributed by atoms with Gasteiger partial charge in [0.25, 0.3) is 0 Å². The van der Waals surface area contributed by atoms with Crippen LogP contribution in [0.2, 0.25) is 0 Å². The van der Waals surface area contributed by atoms with Gasteiger partial charge in [0, 0.05) is 37.8 Å². The SMILES string of the molecule is CCCn1c(C)cnc1CCNC(=O)CC. The molecule has 0 bridgehead atoms. The monoisotopic (exact) mass is 223 g/mol. The summed E-state index contributed by atoms with van der Waals surface area (Å²) >= 11 is 0. The third-order valence-electron chi connectivity index (χ3n) is 2.58. The van der Waals surface area contributed by atoms with Crippen LogP contribution in [-0.4, -0.2) is 22.0 Å². The predicted octanol–water partition coefficient (Wildman–Crippen LogP) is 1.67. The van der Waals surface area contributed by atoms with Gasteiger partial charge in [-0.25, -0.2) is 4.98 Å². The van der Waals surface area contributed by atoms with Crippen molar-refractivity contribution in [1.82, 2.24) is 14.9 Å². The van der Waals surface area contributed by atoms with Gasteiger partial charge in [-0.1, -0.05) is 13.8 Å². The second-order valence-electron chi connectivity index (χ2n) is 3.92. The summed E-state index contributed by atoms with van der Waals surface area (Å²) < 4.78 is 2.22. The maximum Gasteiger partial charge on any atom is 0.219 e. The normalized spacial score (nSPS) is 10.4. The van der Waals surface area contributed by atoms with E-state index >= 15 is 0 Å². The van der Waals surface area contributed by atoms with E-state index < -0.39 is 0 Å². The first-order valence-electron chi connectivity index (χ1n) is 5.96. The molecule has 0 aliphatic heterocycles. The molecular formula is C12H21N3O. The molecule has 0 unspecified atom stereocenters. The summed E-state index contributed by atoms with van der Waals surface area (Å²) in [4.78, 5) is 15.4. The first-order chi connectivity index (χ1) is 7.69.